The van der Waals surface area contributed by atoms with E-state index in [0.717, 1.165) is 24.3 Å². The van der Waals surface area contributed by atoms with Crippen LogP contribution in [-0.2, 0) is 4.79 Å². The smallest absolute Gasteiger partial charge is 0.287 e. The van der Waals surface area contributed by atoms with E-state index in [-0.39, 0.29) is 11.4 Å². The first kappa shape index (κ1) is 28.5. The molecule has 1 heterocycles. The summed E-state index contributed by atoms with van der Waals surface area (Å²) in [5, 5.41) is 17.7. The van der Waals surface area contributed by atoms with Crippen LogP contribution < -0.4 is 15.6 Å². The van der Waals surface area contributed by atoms with Gasteiger partial charge in [0.1, 0.15) is 17.2 Å². The number of hydrogen-bond donors (Lipinski definition) is 2. The Morgan fingerprint density at radius 3 is 2.37 bits per heavy atom. The molecule has 0 aliphatic carbocycles. The summed E-state index contributed by atoms with van der Waals surface area (Å²) in [6.45, 7) is 5.90. The average Bonchev–Trinajstić information content (AvgIpc) is 3.47. The van der Waals surface area contributed by atoms with E-state index in [1.165, 1.54) is 18.3 Å². The molecule has 4 aromatic rings. The number of furan rings is 1. The van der Waals surface area contributed by atoms with Gasteiger partial charge >= 0.3 is 0 Å². The van der Waals surface area contributed by atoms with Crippen LogP contribution in [-0.4, -0.2) is 36.0 Å². The summed E-state index contributed by atoms with van der Waals surface area (Å²) in [4.78, 5) is 38.7. The van der Waals surface area contributed by atoms with E-state index in [9.17, 15) is 19.7 Å². The number of hydrazone groups is 1. The Balaban J connectivity index is 1.51. The summed E-state index contributed by atoms with van der Waals surface area (Å²) in [6.07, 6.45) is 2.87. The monoisotopic (exact) mass is 551 g/mol. The third-order valence-corrected chi connectivity index (χ3v) is 6.19. The molecule has 3 aromatic carbocycles. The first-order valence-electron chi connectivity index (χ1n) is 13.0. The van der Waals surface area contributed by atoms with Crippen LogP contribution in [0.1, 0.15) is 35.5 Å². The molecule has 0 radical (unpaired) electrons. The highest BCUT2D eigenvalue weighted by molar-refractivity contribution is 6.05. The van der Waals surface area contributed by atoms with E-state index in [1.54, 1.807) is 60.7 Å². The van der Waals surface area contributed by atoms with E-state index in [1.807, 2.05) is 24.3 Å². The summed E-state index contributed by atoms with van der Waals surface area (Å²) in [5.41, 5.74) is 5.07. The molecule has 0 aliphatic rings. The highest BCUT2D eigenvalue weighted by Gasteiger charge is 2.15. The molecule has 0 fully saturated rings. The second-order valence-electron chi connectivity index (χ2n) is 8.85. The highest BCUT2D eigenvalue weighted by Crippen LogP contribution is 2.25. The van der Waals surface area contributed by atoms with Crippen LogP contribution >= 0.6 is 0 Å². The van der Waals surface area contributed by atoms with Gasteiger partial charge in [0, 0.05) is 42.0 Å². The molecular weight excluding hydrogens is 522 g/mol. The molecule has 4 rings (SSSR count). The quantitative estimate of drug-likeness (QED) is 0.108. The normalized spacial score (nSPS) is 11.3. The summed E-state index contributed by atoms with van der Waals surface area (Å²) < 4.78 is 5.70. The Labute approximate surface area is 237 Å². The number of nitrogens with one attached hydrogen (secondary N) is 2. The van der Waals surface area contributed by atoms with Crippen molar-refractivity contribution in [3.63, 3.8) is 0 Å². The Morgan fingerprint density at radius 1 is 0.951 bits per heavy atom. The molecule has 0 saturated heterocycles. The van der Waals surface area contributed by atoms with Crippen LogP contribution in [0, 0.1) is 10.1 Å². The summed E-state index contributed by atoms with van der Waals surface area (Å²) in [6, 6.07) is 25.6. The van der Waals surface area contributed by atoms with Crippen molar-refractivity contribution in [2.24, 2.45) is 5.10 Å². The maximum atomic E-state index is 13.1. The van der Waals surface area contributed by atoms with Gasteiger partial charge in [0.25, 0.3) is 17.5 Å². The minimum atomic E-state index is -0.635. The SMILES string of the molecule is CCN(CC)c1ccc(/C=C(/NC(=O)c2ccccc2)C(=O)N/N=C\c2ccc(-c3cccc([N+](=O)[O-])c3)o2)cc1. The van der Waals surface area contributed by atoms with Gasteiger partial charge in [-0.1, -0.05) is 42.5 Å². The van der Waals surface area contributed by atoms with Crippen molar-refractivity contribution < 1.29 is 18.9 Å². The molecule has 41 heavy (non-hydrogen) atoms. The lowest BCUT2D eigenvalue weighted by molar-refractivity contribution is -0.384. The second-order valence-corrected chi connectivity index (χ2v) is 8.85. The second kappa shape index (κ2) is 13.5. The maximum Gasteiger partial charge on any atom is 0.287 e. The Hall–Kier alpha value is -5.51. The molecule has 0 saturated carbocycles. The lowest BCUT2D eigenvalue weighted by atomic mass is 10.1. The summed E-state index contributed by atoms with van der Waals surface area (Å²) in [7, 11) is 0. The zero-order valence-corrected chi connectivity index (χ0v) is 22.6. The van der Waals surface area contributed by atoms with Crippen molar-refractivity contribution in [1.82, 2.24) is 10.7 Å². The largest absolute Gasteiger partial charge is 0.455 e. The Bertz CT molecular complexity index is 1570. The Morgan fingerprint density at radius 2 is 1.68 bits per heavy atom. The first-order valence-corrected chi connectivity index (χ1v) is 13.0. The first-order chi connectivity index (χ1) is 19.9. The van der Waals surface area contributed by atoms with E-state index in [2.05, 4.69) is 34.6 Å². The van der Waals surface area contributed by atoms with E-state index in [0.29, 0.717) is 22.6 Å². The van der Waals surface area contributed by atoms with E-state index in [4.69, 9.17) is 4.42 Å². The third kappa shape index (κ3) is 7.54. The van der Waals surface area contributed by atoms with Crippen molar-refractivity contribution >= 4 is 35.5 Å². The topological polar surface area (TPSA) is 130 Å². The van der Waals surface area contributed by atoms with Gasteiger partial charge in [-0.2, -0.15) is 5.10 Å². The minimum absolute atomic E-state index is 0.00308. The molecule has 2 amide bonds. The van der Waals surface area contributed by atoms with Crippen LogP contribution in [0.25, 0.3) is 17.4 Å². The van der Waals surface area contributed by atoms with Gasteiger partial charge in [-0.25, -0.2) is 5.43 Å². The average molecular weight is 552 g/mol. The van der Waals surface area contributed by atoms with Crippen LogP contribution in [0.5, 0.6) is 0 Å². The minimum Gasteiger partial charge on any atom is -0.455 e. The number of hydrogen-bond acceptors (Lipinski definition) is 7. The van der Waals surface area contributed by atoms with Crippen LogP contribution in [0.4, 0.5) is 11.4 Å². The fourth-order valence-electron chi connectivity index (χ4n) is 4.04. The van der Waals surface area contributed by atoms with Crippen molar-refractivity contribution in [2.75, 3.05) is 18.0 Å². The van der Waals surface area contributed by atoms with Crippen molar-refractivity contribution in [3.8, 4) is 11.3 Å². The fraction of sp³-hybridized carbons (Fsp3) is 0.129. The van der Waals surface area contributed by atoms with Gasteiger partial charge < -0.3 is 14.6 Å². The number of carbonyl (C=O) groups excluding carboxylic acids is 2. The molecule has 0 unspecified atom stereocenters. The molecule has 10 nitrogen and oxygen atoms in total. The lowest BCUT2D eigenvalue weighted by Gasteiger charge is -2.20. The number of nitro benzene ring substituents is 1. The number of benzene rings is 3. The van der Waals surface area contributed by atoms with Gasteiger partial charge in [0.15, 0.2) is 0 Å². The number of nitro groups is 1. The third-order valence-electron chi connectivity index (χ3n) is 6.19. The maximum absolute atomic E-state index is 13.1. The zero-order valence-electron chi connectivity index (χ0n) is 22.6. The number of carbonyl (C=O) groups is 2. The van der Waals surface area contributed by atoms with E-state index >= 15 is 0 Å². The molecule has 208 valence electrons. The molecule has 10 heteroatoms. The van der Waals surface area contributed by atoms with Crippen molar-refractivity contribution in [2.45, 2.75) is 13.8 Å². The van der Waals surface area contributed by atoms with Crippen molar-refractivity contribution in [3.05, 3.63) is 124 Å². The molecule has 0 spiro atoms. The van der Waals surface area contributed by atoms with Crippen molar-refractivity contribution in [1.29, 1.82) is 0 Å². The van der Waals surface area contributed by atoms with Gasteiger partial charge in [-0.05, 0) is 61.9 Å². The molecule has 0 aliphatic heterocycles. The fourth-order valence-corrected chi connectivity index (χ4v) is 4.04. The molecule has 1 aromatic heterocycles. The molecule has 0 bridgehead atoms. The van der Waals surface area contributed by atoms with Gasteiger partial charge in [0.05, 0.1) is 11.1 Å². The van der Waals surface area contributed by atoms with Crippen LogP contribution in [0.15, 0.2) is 106 Å². The zero-order chi connectivity index (χ0) is 29.2. The summed E-state index contributed by atoms with van der Waals surface area (Å²) >= 11 is 0. The lowest BCUT2D eigenvalue weighted by Crippen LogP contribution is -2.32. The van der Waals surface area contributed by atoms with Crippen LogP contribution in [0.3, 0.4) is 0 Å². The number of nitrogens with zero attached hydrogens (tertiary/aromatic N) is 3. The van der Waals surface area contributed by atoms with Crippen LogP contribution in [0.2, 0.25) is 0 Å². The number of anilines is 1. The predicted octanol–water partition coefficient (Wildman–Crippen LogP) is 5.62. The van der Waals surface area contributed by atoms with Gasteiger partial charge in [-0.3, -0.25) is 19.7 Å². The highest BCUT2D eigenvalue weighted by atomic mass is 16.6. The molecular formula is C31H29N5O5. The number of rotatable bonds is 11. The molecule has 2 N–H and O–H groups in total. The summed E-state index contributed by atoms with van der Waals surface area (Å²) in [5.74, 6) is -0.352. The number of non-ortho nitro benzene ring substituents is 1. The van der Waals surface area contributed by atoms with Gasteiger partial charge in [0.2, 0.25) is 0 Å². The molecule has 0 atom stereocenters. The number of amides is 2. The predicted molar refractivity (Wildman–Crippen MR) is 158 cm³/mol. The van der Waals surface area contributed by atoms with E-state index < -0.39 is 16.7 Å². The Kier molecular flexibility index (Phi) is 9.40. The standard InChI is InChI=1S/C31H29N5O5/c1-3-35(4-2)25-15-13-22(14-16-25)19-28(33-30(37)23-9-6-5-7-10-23)31(38)34-32-21-27-17-18-29(41-27)24-11-8-12-26(20-24)36(39)40/h5-21H,3-4H2,1-2H3,(H,33,37)(H,34,38)/b28-19+,32-21-. The van der Waals surface area contributed by atoms with Gasteiger partial charge in [-0.15, -0.1) is 0 Å².